The largest absolute Gasteiger partial charge is 0.437 e. The lowest BCUT2D eigenvalue weighted by Crippen LogP contribution is -2.25. The Kier molecular flexibility index (Phi) is 4.05. The maximum atomic E-state index is 12.7. The van der Waals surface area contributed by atoms with Gasteiger partial charge in [0.15, 0.2) is 0 Å². The van der Waals surface area contributed by atoms with Gasteiger partial charge >= 0.3 is 0 Å². The van der Waals surface area contributed by atoms with Gasteiger partial charge < -0.3 is 9.73 Å². The second-order valence-electron chi connectivity index (χ2n) is 5.30. The van der Waals surface area contributed by atoms with E-state index in [-0.39, 0.29) is 22.4 Å². The van der Waals surface area contributed by atoms with Gasteiger partial charge in [0.2, 0.25) is 11.1 Å². The number of nitrogens with one attached hydrogen (secondary N) is 1. The number of rotatable bonds is 3. The summed E-state index contributed by atoms with van der Waals surface area (Å²) in [6.45, 7) is 4.25. The standard InChI is InChI=1S/C17H15ClN2O3/c1-3-6-19-16(22)11-8-13-15(21)12-7-10(18)4-5-14(12)23-17(13)20-9(11)2/h4-5,7-8H,3,6H2,1-2H3,(H,19,22). The number of nitrogens with zero attached hydrogens (tertiary/aromatic N) is 1. The first-order chi connectivity index (χ1) is 11.0. The molecule has 0 atom stereocenters. The van der Waals surface area contributed by atoms with Crippen molar-refractivity contribution in [1.29, 1.82) is 0 Å². The molecule has 0 aliphatic rings. The number of pyridine rings is 1. The van der Waals surface area contributed by atoms with E-state index in [0.717, 1.165) is 6.42 Å². The average molecular weight is 331 g/mol. The minimum absolute atomic E-state index is 0.217. The average Bonchev–Trinajstić information content (AvgIpc) is 2.53. The molecular formula is C17H15ClN2O3. The van der Waals surface area contributed by atoms with Crippen LogP contribution in [0.1, 0.15) is 29.4 Å². The number of aromatic nitrogens is 1. The number of hydrogen-bond acceptors (Lipinski definition) is 4. The SMILES string of the molecule is CCCNC(=O)c1cc2c(=O)c3cc(Cl)ccc3oc2nc1C. The van der Waals surface area contributed by atoms with Crippen LogP contribution in [-0.4, -0.2) is 17.4 Å². The first-order valence-electron chi connectivity index (χ1n) is 7.33. The molecular weight excluding hydrogens is 316 g/mol. The third kappa shape index (κ3) is 2.80. The molecule has 118 valence electrons. The van der Waals surface area contributed by atoms with Crippen molar-refractivity contribution in [2.75, 3.05) is 6.54 Å². The number of carbonyl (C=O) groups is 1. The lowest BCUT2D eigenvalue weighted by molar-refractivity contribution is 0.0953. The van der Waals surface area contributed by atoms with Gasteiger partial charge in [-0.2, -0.15) is 0 Å². The summed E-state index contributed by atoms with van der Waals surface area (Å²) >= 11 is 5.95. The molecule has 2 aromatic heterocycles. The highest BCUT2D eigenvalue weighted by atomic mass is 35.5. The predicted octanol–water partition coefficient (Wildman–Crippen LogP) is 3.44. The van der Waals surface area contributed by atoms with Crippen molar-refractivity contribution in [2.45, 2.75) is 20.3 Å². The molecule has 1 N–H and O–H groups in total. The van der Waals surface area contributed by atoms with Crippen molar-refractivity contribution in [1.82, 2.24) is 10.3 Å². The van der Waals surface area contributed by atoms with Gasteiger partial charge in [0, 0.05) is 11.6 Å². The third-order valence-electron chi connectivity index (χ3n) is 3.60. The fraction of sp³-hybridized carbons (Fsp3) is 0.235. The summed E-state index contributed by atoms with van der Waals surface area (Å²) in [5.41, 5.74) is 1.28. The fourth-order valence-electron chi connectivity index (χ4n) is 2.41. The van der Waals surface area contributed by atoms with E-state index < -0.39 is 0 Å². The number of hydrogen-bond donors (Lipinski definition) is 1. The number of aryl methyl sites for hydroxylation is 1. The maximum Gasteiger partial charge on any atom is 0.253 e. The summed E-state index contributed by atoms with van der Waals surface area (Å²) in [7, 11) is 0. The van der Waals surface area contributed by atoms with Gasteiger partial charge in [-0.3, -0.25) is 9.59 Å². The smallest absolute Gasteiger partial charge is 0.253 e. The quantitative estimate of drug-likeness (QED) is 0.747. The minimum atomic E-state index is -0.249. The van der Waals surface area contributed by atoms with E-state index in [1.54, 1.807) is 25.1 Å². The second kappa shape index (κ2) is 6.01. The monoisotopic (exact) mass is 330 g/mol. The highest BCUT2D eigenvalue weighted by Crippen LogP contribution is 2.22. The Balaban J connectivity index is 2.25. The summed E-state index contributed by atoms with van der Waals surface area (Å²) in [6.07, 6.45) is 0.830. The molecule has 0 saturated heterocycles. The van der Waals surface area contributed by atoms with Crippen molar-refractivity contribution in [3.8, 4) is 0 Å². The van der Waals surface area contributed by atoms with Crippen molar-refractivity contribution in [3.63, 3.8) is 0 Å². The predicted molar refractivity (Wildman–Crippen MR) is 90.2 cm³/mol. The second-order valence-corrected chi connectivity index (χ2v) is 5.74. The van der Waals surface area contributed by atoms with Gasteiger partial charge in [-0.15, -0.1) is 0 Å². The molecule has 0 aliphatic carbocycles. The van der Waals surface area contributed by atoms with E-state index in [9.17, 15) is 9.59 Å². The van der Waals surface area contributed by atoms with Crippen LogP contribution in [0.15, 0.2) is 33.5 Å². The summed E-state index contributed by atoms with van der Waals surface area (Å²) in [5, 5.41) is 3.88. The Morgan fingerprint density at radius 1 is 1.30 bits per heavy atom. The summed E-state index contributed by atoms with van der Waals surface area (Å²) < 4.78 is 5.68. The lowest BCUT2D eigenvalue weighted by atomic mass is 10.1. The Hall–Kier alpha value is -2.40. The van der Waals surface area contributed by atoms with Crippen LogP contribution in [0.5, 0.6) is 0 Å². The van der Waals surface area contributed by atoms with Crippen LogP contribution in [0.3, 0.4) is 0 Å². The highest BCUT2D eigenvalue weighted by Gasteiger charge is 2.16. The molecule has 1 aromatic carbocycles. The molecule has 6 heteroatoms. The molecule has 5 nitrogen and oxygen atoms in total. The van der Waals surface area contributed by atoms with Gasteiger partial charge in [-0.25, -0.2) is 4.98 Å². The minimum Gasteiger partial charge on any atom is -0.437 e. The number of benzene rings is 1. The van der Waals surface area contributed by atoms with Gasteiger partial charge in [0.1, 0.15) is 5.58 Å². The normalized spacial score (nSPS) is 11.1. The molecule has 0 aliphatic heterocycles. The molecule has 0 radical (unpaired) electrons. The Morgan fingerprint density at radius 2 is 2.09 bits per heavy atom. The zero-order valence-corrected chi connectivity index (χ0v) is 13.5. The highest BCUT2D eigenvalue weighted by molar-refractivity contribution is 6.31. The summed E-state index contributed by atoms with van der Waals surface area (Å²) in [4.78, 5) is 29.1. The summed E-state index contributed by atoms with van der Waals surface area (Å²) in [6, 6.07) is 6.38. The molecule has 3 rings (SSSR count). The van der Waals surface area contributed by atoms with Gasteiger partial charge in [-0.05, 0) is 37.6 Å². The van der Waals surface area contributed by atoms with E-state index in [1.807, 2.05) is 6.92 Å². The van der Waals surface area contributed by atoms with Crippen LogP contribution in [-0.2, 0) is 0 Å². The van der Waals surface area contributed by atoms with Gasteiger partial charge in [0.05, 0.1) is 22.0 Å². The molecule has 0 unspecified atom stereocenters. The molecule has 2 heterocycles. The number of halogens is 1. The molecule has 1 amide bonds. The van der Waals surface area contributed by atoms with E-state index in [1.165, 1.54) is 6.07 Å². The van der Waals surface area contributed by atoms with Gasteiger partial charge in [0.25, 0.3) is 5.91 Å². The van der Waals surface area contributed by atoms with Crippen LogP contribution in [0, 0.1) is 6.92 Å². The number of carbonyl (C=O) groups excluding carboxylic acids is 1. The molecule has 23 heavy (non-hydrogen) atoms. The number of fused-ring (bicyclic) bond motifs is 2. The third-order valence-corrected chi connectivity index (χ3v) is 3.83. The molecule has 0 fully saturated rings. The lowest BCUT2D eigenvalue weighted by Gasteiger charge is -2.08. The van der Waals surface area contributed by atoms with Gasteiger partial charge in [-0.1, -0.05) is 18.5 Å². The van der Waals surface area contributed by atoms with Crippen molar-refractivity contribution in [2.24, 2.45) is 0 Å². The Labute approximate surface area is 137 Å². The molecule has 0 bridgehead atoms. The number of amides is 1. The van der Waals surface area contributed by atoms with E-state index in [0.29, 0.717) is 33.8 Å². The van der Waals surface area contributed by atoms with Crippen molar-refractivity contribution in [3.05, 3.63) is 50.8 Å². The fourth-order valence-corrected chi connectivity index (χ4v) is 2.58. The van der Waals surface area contributed by atoms with Crippen LogP contribution in [0.4, 0.5) is 0 Å². The Bertz CT molecular complexity index is 979. The maximum absolute atomic E-state index is 12.7. The van der Waals surface area contributed by atoms with E-state index in [4.69, 9.17) is 16.0 Å². The molecule has 3 aromatic rings. The van der Waals surface area contributed by atoms with Crippen molar-refractivity contribution < 1.29 is 9.21 Å². The van der Waals surface area contributed by atoms with Crippen LogP contribution >= 0.6 is 11.6 Å². The first-order valence-corrected chi connectivity index (χ1v) is 7.71. The van der Waals surface area contributed by atoms with E-state index >= 15 is 0 Å². The molecule has 0 spiro atoms. The Morgan fingerprint density at radius 3 is 2.83 bits per heavy atom. The zero-order valence-electron chi connectivity index (χ0n) is 12.8. The topological polar surface area (TPSA) is 72.2 Å². The van der Waals surface area contributed by atoms with Crippen LogP contribution in [0.25, 0.3) is 22.1 Å². The zero-order chi connectivity index (χ0) is 16.6. The first kappa shape index (κ1) is 15.5. The van der Waals surface area contributed by atoms with Crippen LogP contribution < -0.4 is 10.7 Å². The van der Waals surface area contributed by atoms with Crippen molar-refractivity contribution >= 4 is 39.6 Å². The molecule has 0 saturated carbocycles. The van der Waals surface area contributed by atoms with Crippen LogP contribution in [0.2, 0.25) is 5.02 Å². The summed E-state index contributed by atoms with van der Waals surface area (Å²) in [5.74, 6) is -0.246. The van der Waals surface area contributed by atoms with E-state index in [2.05, 4.69) is 10.3 Å².